The lowest BCUT2D eigenvalue weighted by atomic mass is 10.1. The van der Waals surface area contributed by atoms with Crippen LogP contribution in [0.4, 0.5) is 0 Å². The molecule has 17 heavy (non-hydrogen) atoms. The van der Waals surface area contributed by atoms with Gasteiger partial charge in [-0.25, -0.2) is 0 Å². The van der Waals surface area contributed by atoms with Crippen LogP contribution in [0.2, 0.25) is 0 Å². The van der Waals surface area contributed by atoms with E-state index < -0.39 is 22.4 Å². The molecule has 1 unspecified atom stereocenters. The van der Waals surface area contributed by atoms with Gasteiger partial charge >= 0.3 is 16.4 Å². The number of carbonyl (C=O) groups is 1. The minimum absolute atomic E-state index is 0.0938. The van der Waals surface area contributed by atoms with E-state index in [0.717, 1.165) is 0 Å². The van der Waals surface area contributed by atoms with E-state index in [-0.39, 0.29) is 5.75 Å². The van der Waals surface area contributed by atoms with Gasteiger partial charge < -0.3 is 15.9 Å². The molecule has 96 valence electrons. The van der Waals surface area contributed by atoms with Gasteiger partial charge in [-0.3, -0.25) is 13.9 Å². The van der Waals surface area contributed by atoms with E-state index in [9.17, 15) is 4.79 Å². The molecule has 0 aliphatic heterocycles. The highest BCUT2D eigenvalue weighted by molar-refractivity contribution is 7.79. The van der Waals surface area contributed by atoms with Crippen molar-refractivity contribution >= 4 is 16.4 Å². The number of carboxylic acids is 1. The lowest BCUT2D eigenvalue weighted by Gasteiger charge is -2.05. The Morgan fingerprint density at radius 1 is 1.18 bits per heavy atom. The van der Waals surface area contributed by atoms with E-state index >= 15 is 0 Å². The minimum Gasteiger partial charge on any atom is -0.508 e. The molecule has 0 radical (unpaired) electrons. The maximum absolute atomic E-state index is 10.4. The van der Waals surface area contributed by atoms with E-state index in [1.807, 2.05) is 0 Å². The highest BCUT2D eigenvalue weighted by Crippen LogP contribution is 2.14. The summed E-state index contributed by atoms with van der Waals surface area (Å²) in [7, 11) is -4.67. The number of aromatic hydroxyl groups is 1. The van der Waals surface area contributed by atoms with E-state index in [4.69, 9.17) is 33.5 Å². The highest BCUT2D eigenvalue weighted by Gasteiger charge is 2.13. The number of phenolic OH excluding ortho intramolecular Hbond substituents is 1. The molecular weight excluding hydrogens is 254 g/mol. The van der Waals surface area contributed by atoms with E-state index in [1.54, 1.807) is 0 Å². The molecule has 1 aromatic rings. The standard InChI is InChI=1S/C8H9NO3.H2O4S/c9-7(8(11)12)5-1-3-6(10)4-2-5;1-5(2,3)4/h1-4,7,10H,9H2,(H,11,12);(H2,1,2,3,4). The van der Waals surface area contributed by atoms with Crippen LogP contribution in [-0.4, -0.2) is 33.7 Å². The third kappa shape index (κ3) is 8.16. The number of phenols is 1. The summed E-state index contributed by atoms with van der Waals surface area (Å²) in [6, 6.07) is 4.74. The number of hydrogen-bond donors (Lipinski definition) is 5. The molecule has 1 aromatic carbocycles. The Labute approximate surface area is 96.9 Å². The van der Waals surface area contributed by atoms with Gasteiger partial charge in [0.2, 0.25) is 0 Å². The van der Waals surface area contributed by atoms with Gasteiger partial charge in [0.25, 0.3) is 0 Å². The lowest BCUT2D eigenvalue weighted by molar-refractivity contribution is -0.138. The molecule has 8 nitrogen and oxygen atoms in total. The van der Waals surface area contributed by atoms with Crippen LogP contribution in [0.3, 0.4) is 0 Å². The molecule has 0 aliphatic carbocycles. The first kappa shape index (κ1) is 15.3. The summed E-state index contributed by atoms with van der Waals surface area (Å²) in [6.07, 6.45) is 0. The summed E-state index contributed by atoms with van der Waals surface area (Å²) in [5, 5.41) is 17.4. The van der Waals surface area contributed by atoms with Crippen LogP contribution in [0.1, 0.15) is 11.6 Å². The van der Waals surface area contributed by atoms with E-state index in [0.29, 0.717) is 5.56 Å². The molecule has 0 saturated carbocycles. The second-order valence-electron chi connectivity index (χ2n) is 2.86. The van der Waals surface area contributed by atoms with E-state index in [2.05, 4.69) is 0 Å². The maximum Gasteiger partial charge on any atom is 0.394 e. The van der Waals surface area contributed by atoms with Gasteiger partial charge in [0.05, 0.1) is 0 Å². The largest absolute Gasteiger partial charge is 0.508 e. The molecule has 0 amide bonds. The smallest absolute Gasteiger partial charge is 0.394 e. The van der Waals surface area contributed by atoms with Gasteiger partial charge in [0.15, 0.2) is 0 Å². The SMILES string of the molecule is NC(C(=O)O)c1ccc(O)cc1.O=S(=O)(O)O. The fourth-order valence-electron chi connectivity index (χ4n) is 0.824. The van der Waals surface area contributed by atoms with Crippen LogP contribution < -0.4 is 5.73 Å². The molecular formula is C8H11NO7S. The van der Waals surface area contributed by atoms with Crippen molar-refractivity contribution in [2.75, 3.05) is 0 Å². The second-order valence-corrected chi connectivity index (χ2v) is 3.75. The van der Waals surface area contributed by atoms with Crippen LogP contribution in [0.15, 0.2) is 24.3 Å². The van der Waals surface area contributed by atoms with Gasteiger partial charge in [0, 0.05) is 0 Å². The second kappa shape index (κ2) is 6.15. The molecule has 0 aromatic heterocycles. The van der Waals surface area contributed by atoms with Crippen molar-refractivity contribution in [2.45, 2.75) is 6.04 Å². The van der Waals surface area contributed by atoms with Crippen LogP contribution >= 0.6 is 0 Å². The van der Waals surface area contributed by atoms with Crippen molar-refractivity contribution in [1.29, 1.82) is 0 Å². The third-order valence-electron chi connectivity index (χ3n) is 1.52. The van der Waals surface area contributed by atoms with Crippen LogP contribution in [-0.2, 0) is 15.2 Å². The monoisotopic (exact) mass is 265 g/mol. The fraction of sp³-hybridized carbons (Fsp3) is 0.125. The summed E-state index contributed by atoms with van der Waals surface area (Å²) in [5.74, 6) is -0.989. The van der Waals surface area contributed by atoms with Crippen molar-refractivity contribution < 1.29 is 32.5 Å². The predicted molar refractivity (Wildman–Crippen MR) is 56.8 cm³/mol. The predicted octanol–water partition coefficient (Wildman–Crippen LogP) is -0.176. The van der Waals surface area contributed by atoms with Gasteiger partial charge in [-0.15, -0.1) is 0 Å². The Kier molecular flexibility index (Phi) is 5.55. The number of benzene rings is 1. The Hall–Kier alpha value is -1.68. The highest BCUT2D eigenvalue weighted by atomic mass is 32.3. The number of rotatable bonds is 2. The number of carboxylic acid groups (broad SMARTS) is 1. The summed E-state index contributed by atoms with van der Waals surface area (Å²) in [5.41, 5.74) is 5.78. The average Bonchev–Trinajstić information content (AvgIpc) is 2.15. The number of aliphatic carboxylic acids is 1. The zero-order valence-corrected chi connectivity index (χ0v) is 9.20. The van der Waals surface area contributed by atoms with Gasteiger partial charge in [-0.05, 0) is 17.7 Å². The summed E-state index contributed by atoms with van der Waals surface area (Å²) in [6.45, 7) is 0. The van der Waals surface area contributed by atoms with Gasteiger partial charge in [-0.1, -0.05) is 12.1 Å². The van der Waals surface area contributed by atoms with Crippen LogP contribution in [0.25, 0.3) is 0 Å². The summed E-state index contributed by atoms with van der Waals surface area (Å²) in [4.78, 5) is 10.4. The number of hydrogen-bond acceptors (Lipinski definition) is 5. The molecule has 6 N–H and O–H groups in total. The zero-order chi connectivity index (χ0) is 13.6. The molecule has 0 heterocycles. The zero-order valence-electron chi connectivity index (χ0n) is 8.39. The molecule has 9 heteroatoms. The lowest BCUT2D eigenvalue weighted by Crippen LogP contribution is -2.20. The average molecular weight is 265 g/mol. The minimum atomic E-state index is -4.67. The van der Waals surface area contributed by atoms with Crippen molar-refractivity contribution in [3.63, 3.8) is 0 Å². The normalized spacial score (nSPS) is 12.2. The Morgan fingerprint density at radius 2 is 1.53 bits per heavy atom. The first-order valence-electron chi connectivity index (χ1n) is 4.08. The number of nitrogens with two attached hydrogens (primary N) is 1. The molecule has 1 atom stereocenters. The third-order valence-corrected chi connectivity index (χ3v) is 1.52. The Bertz CT molecular complexity index is 459. The van der Waals surface area contributed by atoms with Crippen LogP contribution in [0, 0.1) is 0 Å². The van der Waals surface area contributed by atoms with E-state index in [1.165, 1.54) is 24.3 Å². The molecule has 0 fully saturated rings. The Morgan fingerprint density at radius 3 is 1.82 bits per heavy atom. The van der Waals surface area contributed by atoms with Crippen LogP contribution in [0.5, 0.6) is 5.75 Å². The summed E-state index contributed by atoms with van der Waals surface area (Å²) >= 11 is 0. The Balaban J connectivity index is 0.000000437. The van der Waals surface area contributed by atoms with Crippen molar-refractivity contribution in [3.05, 3.63) is 29.8 Å². The summed E-state index contributed by atoms with van der Waals surface area (Å²) < 4.78 is 31.6. The molecule has 1 rings (SSSR count). The van der Waals surface area contributed by atoms with Crippen molar-refractivity contribution in [2.24, 2.45) is 5.73 Å². The quantitative estimate of drug-likeness (QED) is 0.460. The first-order chi connectivity index (χ1) is 7.61. The van der Waals surface area contributed by atoms with Gasteiger partial charge in [0.1, 0.15) is 11.8 Å². The van der Waals surface area contributed by atoms with Crippen molar-refractivity contribution in [3.8, 4) is 5.75 Å². The maximum atomic E-state index is 10.4. The molecule has 0 saturated heterocycles. The molecule has 0 bridgehead atoms. The molecule has 0 spiro atoms. The molecule has 0 aliphatic rings. The topological polar surface area (TPSA) is 158 Å². The van der Waals surface area contributed by atoms with Gasteiger partial charge in [-0.2, -0.15) is 8.42 Å². The first-order valence-corrected chi connectivity index (χ1v) is 5.48. The fourth-order valence-corrected chi connectivity index (χ4v) is 0.824. The van der Waals surface area contributed by atoms with Crippen molar-refractivity contribution in [1.82, 2.24) is 0 Å².